The van der Waals surface area contributed by atoms with E-state index in [1.165, 1.54) is 117 Å². The second-order valence-electron chi connectivity index (χ2n) is 21.4. The normalized spacial score (nSPS) is 33.9. The van der Waals surface area contributed by atoms with Gasteiger partial charge in [0.2, 0.25) is 0 Å². The zero-order valence-corrected chi connectivity index (χ0v) is 34.2. The Hall–Kier alpha value is -4.02. The van der Waals surface area contributed by atoms with Crippen molar-refractivity contribution >= 4 is 75.7 Å². The maximum absolute atomic E-state index is 2.66. The first-order valence-corrected chi connectivity index (χ1v) is 25.6. The Kier molecular flexibility index (Phi) is 6.13. The van der Waals surface area contributed by atoms with Gasteiger partial charge in [0.05, 0.1) is 0 Å². The molecule has 5 aromatic rings. The molecule has 16 rings (SSSR count). The van der Waals surface area contributed by atoms with Gasteiger partial charge in [-0.25, -0.2) is 0 Å². The molecule has 11 aliphatic rings. The molecular formula is C52H53BN2Si. The third-order valence-electron chi connectivity index (χ3n) is 18.0. The highest BCUT2D eigenvalue weighted by Crippen LogP contribution is 2.62. The second-order valence-corrected chi connectivity index (χ2v) is 25.7. The molecule has 8 saturated carbocycles. The van der Waals surface area contributed by atoms with Crippen LogP contribution in [0.1, 0.15) is 88.2 Å². The van der Waals surface area contributed by atoms with Crippen molar-refractivity contribution in [1.82, 2.24) is 0 Å². The molecule has 0 N–H and O–H groups in total. The zero-order valence-electron chi connectivity index (χ0n) is 33.2. The lowest BCUT2D eigenvalue weighted by molar-refractivity contribution is -0.00530. The lowest BCUT2D eigenvalue weighted by Crippen LogP contribution is -2.79. The summed E-state index contributed by atoms with van der Waals surface area (Å²) in [6.07, 6.45) is 17.5. The van der Waals surface area contributed by atoms with Crippen LogP contribution >= 0.6 is 0 Å². The van der Waals surface area contributed by atoms with Gasteiger partial charge in [0.15, 0.2) is 0 Å². The first-order chi connectivity index (χ1) is 27.3. The molecule has 5 aromatic carbocycles. The number of rotatable bonds is 4. The van der Waals surface area contributed by atoms with E-state index in [0.717, 1.165) is 35.5 Å². The van der Waals surface area contributed by atoms with Crippen LogP contribution in [0, 0.1) is 35.5 Å². The SMILES string of the molecule is C[Si]1(C)c2cccc3c2B2c4c(cccc4N(c4ccc(C56CC7CC(CC(C7)C5)C6)cc4)c4cccc1c42)N3c1ccc(C23CC4CC(CC(C4)C2)C3)cc1. The highest BCUT2D eigenvalue weighted by molar-refractivity contribution is 7.16. The summed E-state index contributed by atoms with van der Waals surface area (Å²) in [5.41, 5.74) is 16.9. The molecule has 8 bridgehead atoms. The average Bonchev–Trinajstić information content (AvgIpc) is 3.19. The van der Waals surface area contributed by atoms with E-state index >= 15 is 0 Å². The summed E-state index contributed by atoms with van der Waals surface area (Å²) in [6.45, 7) is 5.48. The van der Waals surface area contributed by atoms with Crippen molar-refractivity contribution < 1.29 is 0 Å². The van der Waals surface area contributed by atoms with Crippen LogP contribution in [-0.2, 0) is 10.8 Å². The largest absolute Gasteiger partial charge is 0.311 e. The highest BCUT2D eigenvalue weighted by Gasteiger charge is 2.54. The van der Waals surface area contributed by atoms with Crippen LogP contribution in [-0.4, -0.2) is 14.8 Å². The zero-order chi connectivity index (χ0) is 36.7. The molecular weight excluding hydrogens is 691 g/mol. The molecule has 2 nitrogen and oxygen atoms in total. The summed E-state index contributed by atoms with van der Waals surface area (Å²) < 4.78 is 0. The standard InChI is InChI=1S/C52H53BN2Si/c1-56(2)46-10-4-8-44-49(46)53-48-42(54(44)40-16-12-38(13-17-40)51-26-32-20-33(27-51)22-34(21-32)28-51)6-3-7-43(48)55(45-9-5-11-47(56)50(45)53)41-18-14-39(15-19-41)52-29-35-23-36(30-52)25-37(24-35)31-52/h3-19,32-37H,20-31H2,1-2H3. The molecule has 0 saturated heterocycles. The van der Waals surface area contributed by atoms with Crippen LogP contribution in [0.25, 0.3) is 0 Å². The van der Waals surface area contributed by atoms with Gasteiger partial charge in [-0.1, -0.05) is 78.1 Å². The minimum atomic E-state index is -2.02. The van der Waals surface area contributed by atoms with Crippen molar-refractivity contribution in [2.24, 2.45) is 35.5 Å². The molecule has 8 aliphatic carbocycles. The third kappa shape index (κ3) is 4.05. The van der Waals surface area contributed by atoms with Crippen molar-refractivity contribution in [3.05, 3.63) is 114 Å². The summed E-state index contributed by atoms with van der Waals surface area (Å²) in [4.78, 5) is 5.32. The molecule has 0 spiro atoms. The fraction of sp³-hybridized carbons (Fsp3) is 0.423. The molecule has 4 heteroatoms. The minimum Gasteiger partial charge on any atom is -0.311 e. The van der Waals surface area contributed by atoms with Gasteiger partial charge < -0.3 is 9.80 Å². The van der Waals surface area contributed by atoms with E-state index in [0.29, 0.717) is 10.8 Å². The van der Waals surface area contributed by atoms with Gasteiger partial charge >= 0.3 is 0 Å². The lowest BCUT2D eigenvalue weighted by Gasteiger charge is -2.57. The smallest absolute Gasteiger partial charge is 0.251 e. The van der Waals surface area contributed by atoms with E-state index in [4.69, 9.17) is 0 Å². The summed E-state index contributed by atoms with van der Waals surface area (Å²) in [5, 5.41) is 3.24. The maximum atomic E-state index is 2.66. The van der Waals surface area contributed by atoms with E-state index in [1.54, 1.807) is 32.4 Å². The van der Waals surface area contributed by atoms with Gasteiger partial charge in [0, 0.05) is 34.1 Å². The molecule has 278 valence electrons. The van der Waals surface area contributed by atoms with Gasteiger partial charge in [0.1, 0.15) is 8.07 Å². The van der Waals surface area contributed by atoms with Crippen LogP contribution in [0.4, 0.5) is 34.1 Å². The van der Waals surface area contributed by atoms with Crippen molar-refractivity contribution in [3.63, 3.8) is 0 Å². The lowest BCUT2D eigenvalue weighted by atomic mass is 9.33. The van der Waals surface area contributed by atoms with Gasteiger partial charge in [0.25, 0.3) is 6.71 Å². The molecule has 8 fully saturated rings. The molecule has 0 radical (unpaired) electrons. The average molecular weight is 745 g/mol. The second kappa shape index (κ2) is 10.7. The molecule has 3 aliphatic heterocycles. The maximum Gasteiger partial charge on any atom is 0.251 e. The Morgan fingerprint density at radius 2 is 0.750 bits per heavy atom. The monoisotopic (exact) mass is 744 g/mol. The summed E-state index contributed by atoms with van der Waals surface area (Å²) in [7, 11) is -2.02. The van der Waals surface area contributed by atoms with Crippen LogP contribution in [0.3, 0.4) is 0 Å². The van der Waals surface area contributed by atoms with Crippen LogP contribution in [0.15, 0.2) is 103 Å². The van der Waals surface area contributed by atoms with Gasteiger partial charge in [-0.05, 0) is 199 Å². The van der Waals surface area contributed by atoms with Gasteiger partial charge in [-0.2, -0.15) is 0 Å². The first kappa shape index (κ1) is 32.0. The van der Waals surface area contributed by atoms with E-state index < -0.39 is 8.07 Å². The van der Waals surface area contributed by atoms with E-state index in [9.17, 15) is 0 Å². The van der Waals surface area contributed by atoms with Gasteiger partial charge in [-0.3, -0.25) is 0 Å². The topological polar surface area (TPSA) is 6.48 Å². The molecule has 0 amide bonds. The van der Waals surface area contributed by atoms with Crippen LogP contribution in [0.2, 0.25) is 13.1 Å². The quantitative estimate of drug-likeness (QED) is 0.166. The fourth-order valence-electron chi connectivity index (χ4n) is 16.7. The highest BCUT2D eigenvalue weighted by atomic mass is 28.3. The van der Waals surface area contributed by atoms with Crippen LogP contribution in [0.5, 0.6) is 0 Å². The molecule has 56 heavy (non-hydrogen) atoms. The van der Waals surface area contributed by atoms with Crippen LogP contribution < -0.4 is 36.6 Å². The first-order valence-electron chi connectivity index (χ1n) is 22.6. The summed E-state index contributed by atoms with van der Waals surface area (Å²) in [6, 6.07) is 42.0. The molecule has 3 heterocycles. The predicted molar refractivity (Wildman–Crippen MR) is 237 cm³/mol. The van der Waals surface area contributed by atoms with Crippen molar-refractivity contribution in [3.8, 4) is 0 Å². The Balaban J connectivity index is 0.927. The molecule has 0 atom stereocenters. The number of nitrogens with zero attached hydrogens (tertiary/aromatic N) is 2. The Morgan fingerprint density at radius 3 is 1.11 bits per heavy atom. The summed E-state index contributed by atoms with van der Waals surface area (Å²) >= 11 is 0. The molecule has 0 unspecified atom stereocenters. The predicted octanol–water partition coefficient (Wildman–Crippen LogP) is 9.84. The minimum absolute atomic E-state index is 0.254. The summed E-state index contributed by atoms with van der Waals surface area (Å²) in [5.74, 6) is 5.77. The fourth-order valence-corrected chi connectivity index (χ4v) is 19.9. The Morgan fingerprint density at radius 1 is 0.429 bits per heavy atom. The van der Waals surface area contributed by atoms with E-state index in [1.807, 2.05) is 0 Å². The Bertz CT molecular complexity index is 2260. The number of hydrogen-bond acceptors (Lipinski definition) is 2. The van der Waals surface area contributed by atoms with Crippen molar-refractivity contribution in [2.45, 2.75) is 101 Å². The number of hydrogen-bond donors (Lipinski definition) is 0. The van der Waals surface area contributed by atoms with Crippen molar-refractivity contribution in [2.75, 3.05) is 9.80 Å². The van der Waals surface area contributed by atoms with Gasteiger partial charge in [-0.15, -0.1) is 0 Å². The Labute approximate surface area is 334 Å². The van der Waals surface area contributed by atoms with E-state index in [2.05, 4.69) is 126 Å². The molecule has 0 aromatic heterocycles. The number of anilines is 6. The van der Waals surface area contributed by atoms with Crippen molar-refractivity contribution in [1.29, 1.82) is 0 Å². The number of benzene rings is 5. The van der Waals surface area contributed by atoms with E-state index in [-0.39, 0.29) is 6.71 Å². The third-order valence-corrected chi connectivity index (χ3v) is 21.5.